The van der Waals surface area contributed by atoms with Gasteiger partial charge in [0.15, 0.2) is 11.9 Å². The largest absolute Gasteiger partial charge is 0.381 e. The molecule has 2 atom stereocenters. The van der Waals surface area contributed by atoms with Gasteiger partial charge in [0.1, 0.15) is 6.10 Å². The molecule has 0 aliphatic carbocycles. The third-order valence-electron chi connectivity index (χ3n) is 4.52. The average molecular weight is 533 g/mol. The maximum Gasteiger partial charge on any atom is 0.257 e. The molecule has 0 fully saturated rings. The number of halogens is 2. The van der Waals surface area contributed by atoms with Crippen molar-refractivity contribution in [3.8, 4) is 0 Å². The monoisotopic (exact) mass is 531 g/mol. The molecule has 0 spiro atoms. The van der Waals surface area contributed by atoms with Crippen LogP contribution in [0.2, 0.25) is 0 Å². The van der Waals surface area contributed by atoms with Crippen molar-refractivity contribution in [2.75, 3.05) is 5.32 Å². The highest BCUT2D eigenvalue weighted by atomic mass is 79.9. The lowest BCUT2D eigenvalue weighted by Gasteiger charge is -2.13. The number of benzene rings is 3. The van der Waals surface area contributed by atoms with Crippen molar-refractivity contribution < 1.29 is 19.8 Å². The summed E-state index contributed by atoms with van der Waals surface area (Å²) < 4.78 is 1.73. The SMILES string of the molecule is O=C(Cc1ccc(NC(=O)C(O)c2ccc(Br)cc2)cc1)C(O)c1ccc(Br)cc1. The third kappa shape index (κ3) is 5.86. The number of nitrogens with one attached hydrogen (secondary N) is 1. The molecule has 1 amide bonds. The van der Waals surface area contributed by atoms with Crippen LogP contribution in [0.1, 0.15) is 28.9 Å². The summed E-state index contributed by atoms with van der Waals surface area (Å²) in [5.41, 5.74) is 2.23. The van der Waals surface area contributed by atoms with E-state index in [2.05, 4.69) is 37.2 Å². The molecule has 0 saturated carbocycles. The van der Waals surface area contributed by atoms with E-state index in [-0.39, 0.29) is 12.2 Å². The van der Waals surface area contributed by atoms with Gasteiger partial charge in [-0.3, -0.25) is 9.59 Å². The number of hydrogen-bond donors (Lipinski definition) is 3. The Morgan fingerprint density at radius 1 is 0.733 bits per heavy atom. The molecule has 2 unspecified atom stereocenters. The molecule has 0 radical (unpaired) electrons. The summed E-state index contributed by atoms with van der Waals surface area (Å²) in [6, 6.07) is 20.5. The number of anilines is 1. The van der Waals surface area contributed by atoms with E-state index in [1.165, 1.54) is 0 Å². The standard InChI is InChI=1S/C23H19Br2NO4/c24-17-7-3-15(4-8-17)21(28)20(27)13-14-1-11-19(12-2-14)26-23(30)22(29)16-5-9-18(25)10-6-16/h1-12,21-22,28-29H,13H2,(H,26,30). The predicted molar refractivity (Wildman–Crippen MR) is 122 cm³/mol. The number of rotatable bonds is 7. The van der Waals surface area contributed by atoms with Gasteiger partial charge in [0, 0.05) is 21.1 Å². The maximum atomic E-state index is 12.4. The maximum absolute atomic E-state index is 12.4. The number of ketones is 1. The van der Waals surface area contributed by atoms with E-state index in [0.717, 1.165) is 8.95 Å². The van der Waals surface area contributed by atoms with Gasteiger partial charge < -0.3 is 15.5 Å². The van der Waals surface area contributed by atoms with Gasteiger partial charge >= 0.3 is 0 Å². The van der Waals surface area contributed by atoms with Crippen LogP contribution in [0.4, 0.5) is 5.69 Å². The number of amides is 1. The van der Waals surface area contributed by atoms with Crippen molar-refractivity contribution in [1.29, 1.82) is 0 Å². The van der Waals surface area contributed by atoms with E-state index < -0.39 is 18.1 Å². The molecule has 3 aromatic carbocycles. The lowest BCUT2D eigenvalue weighted by Crippen LogP contribution is -2.20. The van der Waals surface area contributed by atoms with Crippen molar-refractivity contribution in [3.63, 3.8) is 0 Å². The Bertz CT molecular complexity index is 934. The van der Waals surface area contributed by atoms with Crippen molar-refractivity contribution >= 4 is 49.2 Å². The summed E-state index contributed by atoms with van der Waals surface area (Å²) in [7, 11) is 0. The van der Waals surface area contributed by atoms with Crippen LogP contribution in [-0.2, 0) is 16.0 Å². The van der Waals surface area contributed by atoms with Gasteiger partial charge in [-0.05, 0) is 53.1 Å². The lowest BCUT2D eigenvalue weighted by molar-refractivity contribution is -0.126. The Morgan fingerprint density at radius 2 is 1.20 bits per heavy atom. The molecule has 3 aromatic rings. The minimum atomic E-state index is -1.29. The smallest absolute Gasteiger partial charge is 0.257 e. The second kappa shape index (κ2) is 10.1. The first-order chi connectivity index (χ1) is 14.3. The second-order valence-corrected chi connectivity index (χ2v) is 8.57. The molecule has 0 bridgehead atoms. The molecule has 0 aliphatic rings. The molecule has 7 heteroatoms. The number of Topliss-reactive ketones (excluding diaryl/α,β-unsaturated/α-hetero) is 1. The average Bonchev–Trinajstić information content (AvgIpc) is 2.75. The Balaban J connectivity index is 1.59. The topological polar surface area (TPSA) is 86.6 Å². The van der Waals surface area contributed by atoms with E-state index in [9.17, 15) is 19.8 Å². The van der Waals surface area contributed by atoms with Gasteiger partial charge in [0.25, 0.3) is 5.91 Å². The quantitative estimate of drug-likeness (QED) is 0.410. The Morgan fingerprint density at radius 3 is 1.70 bits per heavy atom. The number of hydrogen-bond acceptors (Lipinski definition) is 4. The van der Waals surface area contributed by atoms with E-state index >= 15 is 0 Å². The summed E-state index contributed by atoms with van der Waals surface area (Å²) in [5.74, 6) is -0.869. The zero-order chi connectivity index (χ0) is 21.7. The first kappa shape index (κ1) is 22.4. The number of carbonyl (C=O) groups is 2. The predicted octanol–water partition coefficient (Wildman–Crippen LogP) is 4.73. The lowest BCUT2D eigenvalue weighted by atomic mass is 10.00. The van der Waals surface area contributed by atoms with Crippen molar-refractivity contribution in [1.82, 2.24) is 0 Å². The second-order valence-electron chi connectivity index (χ2n) is 6.74. The Hall–Kier alpha value is -2.32. The van der Waals surface area contributed by atoms with E-state index in [4.69, 9.17) is 0 Å². The molecule has 3 rings (SSSR count). The highest BCUT2D eigenvalue weighted by Crippen LogP contribution is 2.21. The van der Waals surface area contributed by atoms with Crippen LogP contribution in [0.25, 0.3) is 0 Å². The summed E-state index contributed by atoms with van der Waals surface area (Å²) >= 11 is 6.63. The van der Waals surface area contributed by atoms with Crippen LogP contribution in [0, 0.1) is 0 Å². The van der Waals surface area contributed by atoms with Crippen molar-refractivity contribution in [3.05, 3.63) is 98.4 Å². The highest BCUT2D eigenvalue weighted by molar-refractivity contribution is 9.10. The van der Waals surface area contributed by atoms with Crippen LogP contribution >= 0.6 is 31.9 Å². The number of carbonyl (C=O) groups excluding carboxylic acids is 2. The third-order valence-corrected chi connectivity index (χ3v) is 5.58. The molecule has 30 heavy (non-hydrogen) atoms. The fourth-order valence-corrected chi connectivity index (χ4v) is 3.37. The van der Waals surface area contributed by atoms with Crippen LogP contribution in [0.3, 0.4) is 0 Å². The molecule has 5 nitrogen and oxygen atoms in total. The van der Waals surface area contributed by atoms with Gasteiger partial charge in [-0.1, -0.05) is 68.3 Å². The Labute approximate surface area is 191 Å². The van der Waals surface area contributed by atoms with E-state index in [1.807, 2.05) is 0 Å². The van der Waals surface area contributed by atoms with Gasteiger partial charge in [-0.2, -0.15) is 0 Å². The summed E-state index contributed by atoms with van der Waals surface area (Å²) in [5, 5.41) is 23.1. The van der Waals surface area contributed by atoms with E-state index in [1.54, 1.807) is 72.8 Å². The highest BCUT2D eigenvalue weighted by Gasteiger charge is 2.19. The van der Waals surface area contributed by atoms with Crippen LogP contribution in [0.5, 0.6) is 0 Å². The molecule has 154 valence electrons. The molecule has 0 saturated heterocycles. The summed E-state index contributed by atoms with van der Waals surface area (Å²) in [6.45, 7) is 0. The molecule has 0 aromatic heterocycles. The fraction of sp³-hybridized carbons (Fsp3) is 0.130. The van der Waals surface area contributed by atoms with Gasteiger partial charge in [-0.15, -0.1) is 0 Å². The van der Waals surface area contributed by atoms with Crippen molar-refractivity contribution in [2.24, 2.45) is 0 Å². The first-order valence-corrected chi connectivity index (χ1v) is 10.7. The van der Waals surface area contributed by atoms with Gasteiger partial charge in [-0.25, -0.2) is 0 Å². The first-order valence-electron chi connectivity index (χ1n) is 9.13. The number of aliphatic hydroxyl groups is 2. The van der Waals surface area contributed by atoms with E-state index in [0.29, 0.717) is 22.4 Å². The molecular weight excluding hydrogens is 514 g/mol. The zero-order valence-corrected chi connectivity index (χ0v) is 18.9. The van der Waals surface area contributed by atoms with Crippen LogP contribution in [0.15, 0.2) is 81.7 Å². The van der Waals surface area contributed by atoms with Crippen LogP contribution in [-0.4, -0.2) is 21.9 Å². The summed E-state index contributed by atoms with van der Waals surface area (Å²) in [4.78, 5) is 24.6. The van der Waals surface area contributed by atoms with Gasteiger partial charge in [0.05, 0.1) is 0 Å². The molecule has 0 heterocycles. The fourth-order valence-electron chi connectivity index (χ4n) is 2.84. The van der Waals surface area contributed by atoms with Gasteiger partial charge in [0.2, 0.25) is 0 Å². The molecule has 3 N–H and O–H groups in total. The normalized spacial score (nSPS) is 12.8. The minimum absolute atomic E-state index is 0.0625. The molecule has 0 aliphatic heterocycles. The minimum Gasteiger partial charge on any atom is -0.381 e. The molecular formula is C23H19Br2NO4. The Kier molecular flexibility index (Phi) is 7.55. The zero-order valence-electron chi connectivity index (χ0n) is 15.8. The van der Waals surface area contributed by atoms with Crippen molar-refractivity contribution in [2.45, 2.75) is 18.6 Å². The number of aliphatic hydroxyl groups excluding tert-OH is 2. The van der Waals surface area contributed by atoms with Crippen LogP contribution < -0.4 is 5.32 Å². The summed E-state index contributed by atoms with van der Waals surface area (Å²) in [6.07, 6.45) is -2.42.